The summed E-state index contributed by atoms with van der Waals surface area (Å²) in [5.74, 6) is 0.394. The number of fused-ring (bicyclic) bond motifs is 3. The fourth-order valence-electron chi connectivity index (χ4n) is 3.42. The molecule has 0 aliphatic carbocycles. The fourth-order valence-corrected chi connectivity index (χ4v) is 5.46. The summed E-state index contributed by atoms with van der Waals surface area (Å²) in [4.78, 5) is 24.2. The van der Waals surface area contributed by atoms with Crippen LogP contribution >= 0.6 is 23.1 Å². The summed E-state index contributed by atoms with van der Waals surface area (Å²) in [6.45, 7) is 3.08. The summed E-state index contributed by atoms with van der Waals surface area (Å²) in [5, 5.41) is 1.52. The van der Waals surface area contributed by atoms with E-state index in [0.29, 0.717) is 11.0 Å². The van der Waals surface area contributed by atoms with Gasteiger partial charge in [0.15, 0.2) is 5.16 Å². The maximum Gasteiger partial charge on any atom is 0.316 e. The lowest BCUT2D eigenvalue weighted by Crippen LogP contribution is -3.10. The summed E-state index contributed by atoms with van der Waals surface area (Å²) in [6.07, 6.45) is 0.986. The van der Waals surface area contributed by atoms with Gasteiger partial charge in [0.2, 0.25) is 0 Å². The number of carbonyl (C=O) groups is 1. The second-order valence-electron chi connectivity index (χ2n) is 6.53. The number of anilines is 1. The van der Waals surface area contributed by atoms with Crippen molar-refractivity contribution >= 4 is 45.1 Å². The van der Waals surface area contributed by atoms with Crippen LogP contribution in [0.2, 0.25) is 0 Å². The summed E-state index contributed by atoms with van der Waals surface area (Å²) in [5.41, 5.74) is 8.90. The van der Waals surface area contributed by atoms with Crippen LogP contribution in [0.3, 0.4) is 0 Å². The molecule has 27 heavy (non-hydrogen) atoms. The molecule has 0 spiro atoms. The number of nitrogens with two attached hydrogens (primary N) is 1. The number of aromatic nitrogens is 2. The van der Waals surface area contributed by atoms with Crippen LogP contribution < -0.4 is 10.6 Å². The third-order valence-electron chi connectivity index (χ3n) is 4.72. The first-order chi connectivity index (χ1) is 13.1. The topological polar surface area (TPSA) is 82.5 Å². The molecule has 8 heteroatoms. The SMILES string of the molecule is COC(=O)CSc1nc(N)c2c3c(sc2n1)C[NH+](Cc1ccccc1)CC3. The molecule has 3 aromatic rings. The number of nitrogens with one attached hydrogen (secondary N) is 1. The molecule has 0 bridgehead atoms. The average molecular weight is 402 g/mol. The van der Waals surface area contributed by atoms with Crippen LogP contribution in [0.15, 0.2) is 35.5 Å². The Balaban J connectivity index is 1.56. The van der Waals surface area contributed by atoms with Gasteiger partial charge in [-0.2, -0.15) is 0 Å². The Morgan fingerprint density at radius 3 is 2.93 bits per heavy atom. The molecule has 1 aliphatic rings. The smallest absolute Gasteiger partial charge is 0.316 e. The Labute approximate surface area is 165 Å². The minimum atomic E-state index is -0.298. The number of quaternary nitrogens is 1. The highest BCUT2D eigenvalue weighted by Gasteiger charge is 2.26. The van der Waals surface area contributed by atoms with Crippen LogP contribution in [0.4, 0.5) is 5.82 Å². The lowest BCUT2D eigenvalue weighted by Gasteiger charge is -2.24. The molecule has 1 unspecified atom stereocenters. The van der Waals surface area contributed by atoms with Crippen molar-refractivity contribution in [2.45, 2.75) is 24.7 Å². The maximum atomic E-state index is 11.3. The molecule has 3 heterocycles. The number of nitrogen functional groups attached to an aromatic ring is 1. The van der Waals surface area contributed by atoms with E-state index >= 15 is 0 Å². The predicted octanol–water partition coefficient (Wildman–Crippen LogP) is 1.68. The number of carbonyl (C=O) groups excluding carboxylic acids is 1. The molecule has 2 aromatic heterocycles. The first-order valence-corrected chi connectivity index (χ1v) is 10.6. The minimum Gasteiger partial charge on any atom is -0.468 e. The first kappa shape index (κ1) is 18.2. The van der Waals surface area contributed by atoms with E-state index in [9.17, 15) is 4.79 Å². The Hall–Kier alpha value is -2.16. The number of methoxy groups -OCH3 is 1. The van der Waals surface area contributed by atoms with E-state index in [0.717, 1.165) is 36.3 Å². The van der Waals surface area contributed by atoms with Gasteiger partial charge >= 0.3 is 5.97 Å². The van der Waals surface area contributed by atoms with Crippen molar-refractivity contribution in [2.75, 3.05) is 25.1 Å². The molecular weight excluding hydrogens is 380 g/mol. The highest BCUT2D eigenvalue weighted by molar-refractivity contribution is 7.99. The molecule has 1 atom stereocenters. The highest BCUT2D eigenvalue weighted by atomic mass is 32.2. The van der Waals surface area contributed by atoms with Crippen LogP contribution in [0, 0.1) is 0 Å². The monoisotopic (exact) mass is 401 g/mol. The zero-order valence-corrected chi connectivity index (χ0v) is 16.7. The number of thioether (sulfide) groups is 1. The van der Waals surface area contributed by atoms with Gasteiger partial charge < -0.3 is 15.4 Å². The van der Waals surface area contributed by atoms with E-state index in [2.05, 4.69) is 45.0 Å². The predicted molar refractivity (Wildman–Crippen MR) is 108 cm³/mol. The lowest BCUT2D eigenvalue weighted by molar-refractivity contribution is -0.929. The van der Waals surface area contributed by atoms with E-state index in [1.54, 1.807) is 16.2 Å². The van der Waals surface area contributed by atoms with Crippen molar-refractivity contribution in [2.24, 2.45) is 0 Å². The molecule has 3 N–H and O–H groups in total. The first-order valence-electron chi connectivity index (χ1n) is 8.79. The van der Waals surface area contributed by atoms with Crippen molar-refractivity contribution in [3.8, 4) is 0 Å². The van der Waals surface area contributed by atoms with Crippen LogP contribution in [0.25, 0.3) is 10.2 Å². The second kappa shape index (κ2) is 7.84. The number of thiophene rings is 1. The van der Waals surface area contributed by atoms with E-state index in [4.69, 9.17) is 5.73 Å². The summed E-state index contributed by atoms with van der Waals surface area (Å²) < 4.78 is 4.67. The standard InChI is InChI=1S/C19H20N4O2S2/c1-25-15(24)11-26-19-21-17(20)16-13-7-8-23(9-12-5-3-2-4-6-12)10-14(13)27-18(16)22-19/h2-6H,7-11H2,1H3,(H2,20,21,22)/p+1. The van der Waals surface area contributed by atoms with Crippen molar-refractivity contribution in [1.82, 2.24) is 9.97 Å². The van der Waals surface area contributed by atoms with Gasteiger partial charge in [-0.05, 0) is 5.56 Å². The van der Waals surface area contributed by atoms with E-state index in [-0.39, 0.29) is 11.7 Å². The molecule has 0 amide bonds. The van der Waals surface area contributed by atoms with Crippen molar-refractivity contribution < 1.29 is 14.4 Å². The third-order valence-corrected chi connectivity index (χ3v) is 6.67. The van der Waals surface area contributed by atoms with Crippen molar-refractivity contribution in [1.29, 1.82) is 0 Å². The molecule has 0 fully saturated rings. The van der Waals surface area contributed by atoms with Crippen LogP contribution in [0.1, 0.15) is 16.0 Å². The number of nitrogens with zero attached hydrogens (tertiary/aromatic N) is 2. The molecule has 0 saturated heterocycles. The zero-order chi connectivity index (χ0) is 18.8. The van der Waals surface area contributed by atoms with Crippen LogP contribution in [-0.4, -0.2) is 35.3 Å². The van der Waals surface area contributed by atoms with Gasteiger partial charge in [0.05, 0.1) is 29.7 Å². The highest BCUT2D eigenvalue weighted by Crippen LogP contribution is 2.35. The van der Waals surface area contributed by atoms with Crippen molar-refractivity contribution in [3.63, 3.8) is 0 Å². The van der Waals surface area contributed by atoms with Gasteiger partial charge in [-0.25, -0.2) is 9.97 Å². The Kier molecular flexibility index (Phi) is 5.29. The van der Waals surface area contributed by atoms with E-state index in [1.807, 2.05) is 0 Å². The summed E-state index contributed by atoms with van der Waals surface area (Å²) in [6, 6.07) is 10.6. The van der Waals surface area contributed by atoms with Crippen molar-refractivity contribution in [3.05, 3.63) is 46.3 Å². The van der Waals surface area contributed by atoms with E-state index < -0.39 is 0 Å². The minimum absolute atomic E-state index is 0.182. The molecule has 140 valence electrons. The number of hydrogen-bond donors (Lipinski definition) is 2. The normalized spacial score (nSPS) is 16.3. The lowest BCUT2D eigenvalue weighted by atomic mass is 10.0. The van der Waals surface area contributed by atoms with Crippen LogP contribution in [-0.2, 0) is 29.0 Å². The number of benzene rings is 1. The molecule has 4 rings (SSSR count). The largest absolute Gasteiger partial charge is 0.468 e. The molecule has 1 aliphatic heterocycles. The number of hydrogen-bond acceptors (Lipinski definition) is 7. The average Bonchev–Trinajstić information content (AvgIpc) is 3.04. The quantitative estimate of drug-likeness (QED) is 0.385. The van der Waals surface area contributed by atoms with Gasteiger partial charge in [-0.3, -0.25) is 4.79 Å². The molecule has 0 saturated carbocycles. The molecular formula is C19H21N4O2S2+. The Morgan fingerprint density at radius 2 is 2.15 bits per heavy atom. The molecule has 1 aromatic carbocycles. The van der Waals surface area contributed by atoms with Gasteiger partial charge in [0.25, 0.3) is 0 Å². The Bertz CT molecular complexity index is 975. The fraction of sp³-hybridized carbons (Fsp3) is 0.316. The van der Waals surface area contributed by atoms with Gasteiger partial charge in [0.1, 0.15) is 23.7 Å². The summed E-state index contributed by atoms with van der Waals surface area (Å²) in [7, 11) is 1.37. The van der Waals surface area contributed by atoms with E-state index in [1.165, 1.54) is 34.9 Å². The third kappa shape index (κ3) is 3.92. The maximum absolute atomic E-state index is 11.3. The second-order valence-corrected chi connectivity index (χ2v) is 8.56. The Morgan fingerprint density at radius 1 is 1.33 bits per heavy atom. The van der Waals surface area contributed by atoms with Crippen LogP contribution in [0.5, 0.6) is 0 Å². The number of ether oxygens (including phenoxy) is 1. The van der Waals surface area contributed by atoms with Gasteiger partial charge in [-0.15, -0.1) is 11.3 Å². The van der Waals surface area contributed by atoms with Gasteiger partial charge in [-0.1, -0.05) is 42.1 Å². The zero-order valence-electron chi connectivity index (χ0n) is 15.0. The number of rotatable bonds is 5. The molecule has 6 nitrogen and oxygen atoms in total. The summed E-state index contributed by atoms with van der Waals surface area (Å²) >= 11 is 2.96. The van der Waals surface area contributed by atoms with Gasteiger partial charge in [0, 0.05) is 12.0 Å². The molecule has 0 radical (unpaired) electrons. The number of esters is 1.